The van der Waals surface area contributed by atoms with E-state index in [2.05, 4.69) is 10.3 Å². The third kappa shape index (κ3) is 4.39. The summed E-state index contributed by atoms with van der Waals surface area (Å²) < 4.78 is 28.6. The van der Waals surface area contributed by atoms with E-state index < -0.39 is 15.9 Å². The maximum absolute atomic E-state index is 12.8. The molecule has 7 nitrogen and oxygen atoms in total. The first-order chi connectivity index (χ1) is 14.7. The molecule has 4 rings (SSSR count). The molecule has 0 aliphatic heterocycles. The quantitative estimate of drug-likeness (QED) is 0.478. The number of hydrogen-bond acceptors (Lipinski definition) is 5. The van der Waals surface area contributed by atoms with Crippen LogP contribution in [-0.2, 0) is 14.8 Å². The smallest absolute Gasteiger partial charge is 0.243 e. The van der Waals surface area contributed by atoms with Gasteiger partial charge < -0.3 is 5.32 Å². The number of aryl methyl sites for hydroxylation is 2. The first-order valence-corrected chi connectivity index (χ1v) is 11.9. The van der Waals surface area contributed by atoms with Crippen LogP contribution in [-0.4, -0.2) is 41.6 Å². The van der Waals surface area contributed by atoms with Crippen molar-refractivity contribution in [3.05, 3.63) is 71.4 Å². The number of imidazole rings is 1. The van der Waals surface area contributed by atoms with Crippen LogP contribution in [0, 0.1) is 13.8 Å². The molecular weight excluding hydrogens is 432 g/mol. The van der Waals surface area contributed by atoms with Crippen molar-refractivity contribution in [1.82, 2.24) is 13.7 Å². The lowest BCUT2D eigenvalue weighted by atomic mass is 10.1. The number of carbonyl (C=O) groups excluding carboxylic acids is 1. The minimum Gasteiger partial charge on any atom is -0.325 e. The molecule has 4 aromatic rings. The van der Waals surface area contributed by atoms with Gasteiger partial charge >= 0.3 is 0 Å². The van der Waals surface area contributed by atoms with Crippen LogP contribution in [0.15, 0.2) is 65.1 Å². The zero-order chi connectivity index (χ0) is 22.2. The fourth-order valence-corrected chi connectivity index (χ4v) is 5.05. The highest BCUT2D eigenvalue weighted by molar-refractivity contribution is 7.89. The first kappa shape index (κ1) is 21.2. The number of likely N-dealkylation sites (N-methyl/N-ethyl adjacent to an activating group) is 1. The summed E-state index contributed by atoms with van der Waals surface area (Å²) in [5.74, 6) is -0.412. The van der Waals surface area contributed by atoms with Gasteiger partial charge in [-0.2, -0.15) is 4.31 Å². The molecule has 9 heteroatoms. The van der Waals surface area contributed by atoms with Crippen molar-refractivity contribution in [2.45, 2.75) is 18.7 Å². The zero-order valence-corrected chi connectivity index (χ0v) is 19.0. The van der Waals surface area contributed by atoms with Crippen LogP contribution < -0.4 is 5.32 Å². The summed E-state index contributed by atoms with van der Waals surface area (Å²) in [6.07, 6.45) is 3.90. The minimum absolute atomic E-state index is 0.176. The number of nitrogens with one attached hydrogen (secondary N) is 1. The van der Waals surface area contributed by atoms with Crippen molar-refractivity contribution in [2.24, 2.45) is 0 Å². The van der Waals surface area contributed by atoms with E-state index in [-0.39, 0.29) is 11.4 Å². The number of rotatable bonds is 6. The molecule has 0 saturated heterocycles. The topological polar surface area (TPSA) is 83.8 Å². The summed E-state index contributed by atoms with van der Waals surface area (Å²) >= 11 is 1.56. The van der Waals surface area contributed by atoms with E-state index in [4.69, 9.17) is 0 Å². The van der Waals surface area contributed by atoms with Gasteiger partial charge in [0.2, 0.25) is 15.9 Å². The summed E-state index contributed by atoms with van der Waals surface area (Å²) in [6, 6.07) is 12.2. The van der Waals surface area contributed by atoms with E-state index in [1.807, 2.05) is 48.2 Å². The van der Waals surface area contributed by atoms with E-state index in [1.54, 1.807) is 41.7 Å². The fourth-order valence-electron chi connectivity index (χ4n) is 3.13. The number of sulfonamides is 1. The number of nitrogens with zero attached hydrogens (tertiary/aromatic N) is 3. The molecule has 160 valence electrons. The van der Waals surface area contributed by atoms with Gasteiger partial charge in [-0.1, -0.05) is 18.2 Å². The van der Waals surface area contributed by atoms with Gasteiger partial charge in [0.25, 0.3) is 0 Å². The summed E-state index contributed by atoms with van der Waals surface area (Å²) in [4.78, 5) is 18.1. The maximum atomic E-state index is 12.8. The molecule has 1 N–H and O–H groups in total. The molecule has 0 radical (unpaired) electrons. The number of aromatic nitrogens is 2. The van der Waals surface area contributed by atoms with E-state index >= 15 is 0 Å². The van der Waals surface area contributed by atoms with Gasteiger partial charge in [-0.25, -0.2) is 13.4 Å². The molecule has 31 heavy (non-hydrogen) atoms. The van der Waals surface area contributed by atoms with Crippen LogP contribution in [0.3, 0.4) is 0 Å². The van der Waals surface area contributed by atoms with Crippen molar-refractivity contribution in [3.63, 3.8) is 0 Å². The molecule has 0 fully saturated rings. The average molecular weight is 455 g/mol. The van der Waals surface area contributed by atoms with Gasteiger partial charge in [-0.05, 0) is 49.2 Å². The Morgan fingerprint density at radius 3 is 2.55 bits per heavy atom. The Kier molecular flexibility index (Phi) is 5.65. The zero-order valence-electron chi connectivity index (χ0n) is 17.4. The molecule has 2 heterocycles. The molecule has 0 saturated carbocycles. The van der Waals surface area contributed by atoms with Crippen molar-refractivity contribution in [1.29, 1.82) is 0 Å². The van der Waals surface area contributed by atoms with Crippen molar-refractivity contribution < 1.29 is 13.2 Å². The number of hydrogen-bond donors (Lipinski definition) is 1. The van der Waals surface area contributed by atoms with E-state index in [0.29, 0.717) is 5.69 Å². The molecular formula is C22H22N4O3S2. The summed E-state index contributed by atoms with van der Waals surface area (Å²) in [5.41, 5.74) is 4.27. The van der Waals surface area contributed by atoms with Gasteiger partial charge in [0.1, 0.15) is 0 Å². The SMILES string of the molecule is Cc1ccc(S(=O)(=O)N(C)CC(=O)Nc2ccc(-c3cn4ccsc4n3)cc2)cc1C. The van der Waals surface area contributed by atoms with Gasteiger partial charge in [0.15, 0.2) is 4.96 Å². The molecule has 2 aromatic heterocycles. The standard InChI is InChI=1S/C22H22N4O3S2/c1-15-4-9-19(12-16(15)2)31(28,29)25(3)14-21(27)23-18-7-5-17(6-8-18)20-13-26-10-11-30-22(26)24-20/h4-13H,14H2,1-3H3,(H,23,27). The summed E-state index contributed by atoms with van der Waals surface area (Å²) in [5, 5.41) is 4.72. The lowest BCUT2D eigenvalue weighted by molar-refractivity contribution is -0.116. The Balaban J connectivity index is 1.41. The predicted molar refractivity (Wildman–Crippen MR) is 123 cm³/mol. The van der Waals surface area contributed by atoms with E-state index in [9.17, 15) is 13.2 Å². The Morgan fingerprint density at radius 1 is 1.13 bits per heavy atom. The van der Waals surface area contributed by atoms with Gasteiger partial charge in [0.05, 0.1) is 17.1 Å². The number of anilines is 1. The van der Waals surface area contributed by atoms with Crippen molar-refractivity contribution in [2.75, 3.05) is 18.9 Å². The van der Waals surface area contributed by atoms with E-state index in [1.165, 1.54) is 7.05 Å². The van der Waals surface area contributed by atoms with Gasteiger partial charge in [0, 0.05) is 36.1 Å². The van der Waals surface area contributed by atoms with Crippen molar-refractivity contribution in [3.8, 4) is 11.3 Å². The summed E-state index contributed by atoms with van der Waals surface area (Å²) in [6.45, 7) is 3.50. The number of fused-ring (bicyclic) bond motifs is 1. The minimum atomic E-state index is -3.75. The van der Waals surface area contributed by atoms with Crippen LogP contribution in [0.1, 0.15) is 11.1 Å². The average Bonchev–Trinajstić information content (AvgIpc) is 3.32. The highest BCUT2D eigenvalue weighted by Gasteiger charge is 2.23. The molecule has 0 atom stereocenters. The highest BCUT2D eigenvalue weighted by Crippen LogP contribution is 2.23. The van der Waals surface area contributed by atoms with Gasteiger partial charge in [-0.3, -0.25) is 9.20 Å². The van der Waals surface area contributed by atoms with Crippen LogP contribution >= 0.6 is 11.3 Å². The summed E-state index contributed by atoms with van der Waals surface area (Å²) in [7, 11) is -2.35. The second kappa shape index (κ2) is 8.26. The Hall–Kier alpha value is -3.01. The van der Waals surface area contributed by atoms with Crippen molar-refractivity contribution >= 4 is 37.9 Å². The predicted octanol–water partition coefficient (Wildman–Crippen LogP) is 3.94. The number of carbonyl (C=O) groups is 1. The lowest BCUT2D eigenvalue weighted by Gasteiger charge is -2.17. The maximum Gasteiger partial charge on any atom is 0.243 e. The molecule has 2 aromatic carbocycles. The molecule has 1 amide bonds. The second-order valence-corrected chi connectivity index (χ2v) is 10.3. The first-order valence-electron chi connectivity index (χ1n) is 9.60. The number of thiazole rings is 1. The largest absolute Gasteiger partial charge is 0.325 e. The van der Waals surface area contributed by atoms with Crippen LogP contribution in [0.2, 0.25) is 0 Å². The molecule has 0 bridgehead atoms. The third-order valence-electron chi connectivity index (χ3n) is 5.11. The fraction of sp³-hybridized carbons (Fsp3) is 0.182. The lowest BCUT2D eigenvalue weighted by Crippen LogP contribution is -2.35. The third-order valence-corrected chi connectivity index (χ3v) is 7.68. The number of benzene rings is 2. The Bertz CT molecular complexity index is 1330. The monoisotopic (exact) mass is 454 g/mol. The Labute approximate surface area is 185 Å². The normalized spacial score (nSPS) is 11.9. The Morgan fingerprint density at radius 2 is 1.87 bits per heavy atom. The number of amides is 1. The van der Waals surface area contributed by atoms with Crippen LogP contribution in [0.5, 0.6) is 0 Å². The second-order valence-electron chi connectivity index (χ2n) is 7.35. The molecule has 0 spiro atoms. The molecule has 0 aliphatic carbocycles. The van der Waals surface area contributed by atoms with Crippen LogP contribution in [0.4, 0.5) is 5.69 Å². The highest BCUT2D eigenvalue weighted by atomic mass is 32.2. The van der Waals surface area contributed by atoms with Gasteiger partial charge in [-0.15, -0.1) is 11.3 Å². The molecule has 0 aliphatic rings. The van der Waals surface area contributed by atoms with E-state index in [0.717, 1.165) is 31.7 Å². The van der Waals surface area contributed by atoms with Crippen LogP contribution in [0.25, 0.3) is 16.2 Å². The molecule has 0 unspecified atom stereocenters.